The highest BCUT2D eigenvalue weighted by Crippen LogP contribution is 2.13. The van der Waals surface area contributed by atoms with Crippen LogP contribution in [-0.4, -0.2) is 23.5 Å². The molecule has 0 fully saturated rings. The summed E-state index contributed by atoms with van der Waals surface area (Å²) in [5, 5.41) is 8.54. The molecular formula is C12H15N2OP. The number of carbonyl (C=O) groups is 1. The lowest BCUT2D eigenvalue weighted by molar-refractivity contribution is -0.121. The van der Waals surface area contributed by atoms with Crippen LogP contribution >= 0.6 is 9.39 Å². The van der Waals surface area contributed by atoms with Crippen molar-refractivity contribution in [1.82, 2.24) is 4.67 Å². The molecule has 0 N–H and O–H groups in total. The minimum absolute atomic E-state index is 0.0315. The van der Waals surface area contributed by atoms with E-state index in [-0.39, 0.29) is 18.2 Å². The predicted molar refractivity (Wildman–Crippen MR) is 66.6 cm³/mol. The van der Waals surface area contributed by atoms with Gasteiger partial charge in [-0.25, -0.2) is 0 Å². The van der Waals surface area contributed by atoms with Crippen LogP contribution in [0.3, 0.4) is 0 Å². The van der Waals surface area contributed by atoms with Gasteiger partial charge in [-0.05, 0) is 19.0 Å². The first-order valence-corrected chi connectivity index (χ1v) is 5.58. The molecular weight excluding hydrogens is 219 g/mol. The van der Waals surface area contributed by atoms with Crippen LogP contribution in [0, 0.1) is 11.3 Å². The van der Waals surface area contributed by atoms with Gasteiger partial charge < -0.3 is 0 Å². The highest BCUT2D eigenvalue weighted by Gasteiger charge is 2.20. The fourth-order valence-electron chi connectivity index (χ4n) is 1.52. The van der Waals surface area contributed by atoms with Crippen LogP contribution < -0.4 is 0 Å². The number of likely N-dealkylation sites (N-methyl/N-ethyl adjacent to an activating group) is 1. The zero-order chi connectivity index (χ0) is 12.0. The molecule has 3 nitrogen and oxygen atoms in total. The van der Waals surface area contributed by atoms with Crippen molar-refractivity contribution in [2.45, 2.75) is 18.9 Å². The Labute approximate surface area is 98.3 Å². The number of carbonyl (C=O) groups excluding carboxylic acids is 1. The van der Waals surface area contributed by atoms with Crippen LogP contribution in [0.1, 0.15) is 12.0 Å². The van der Waals surface area contributed by atoms with Gasteiger partial charge in [-0.15, -0.1) is 0 Å². The summed E-state index contributed by atoms with van der Waals surface area (Å²) in [5.74, 6) is -0.0381. The molecule has 1 rings (SSSR count). The predicted octanol–water partition coefficient (Wildman–Crippen LogP) is 1.80. The molecule has 0 amide bonds. The van der Waals surface area contributed by atoms with Crippen LogP contribution in [0.15, 0.2) is 30.3 Å². The molecule has 0 bridgehead atoms. The van der Waals surface area contributed by atoms with Gasteiger partial charge >= 0.3 is 0 Å². The van der Waals surface area contributed by atoms with E-state index >= 15 is 0 Å². The second-order valence-corrected chi connectivity index (χ2v) is 4.49. The van der Waals surface area contributed by atoms with E-state index in [0.29, 0.717) is 6.42 Å². The molecule has 1 unspecified atom stereocenters. The van der Waals surface area contributed by atoms with Crippen LogP contribution in [0.25, 0.3) is 0 Å². The summed E-state index contributed by atoms with van der Waals surface area (Å²) in [6, 6.07) is 11.5. The first kappa shape index (κ1) is 12.8. The largest absolute Gasteiger partial charge is 0.297 e. The summed E-state index contributed by atoms with van der Waals surface area (Å²) < 4.78 is 1.78. The molecule has 0 saturated carbocycles. The summed E-state index contributed by atoms with van der Waals surface area (Å²) in [7, 11) is 4.32. The summed E-state index contributed by atoms with van der Waals surface area (Å²) in [4.78, 5) is 11.7. The van der Waals surface area contributed by atoms with Gasteiger partial charge in [0.1, 0.15) is 0 Å². The molecule has 0 spiro atoms. The number of nitriles is 1. The average Bonchev–Trinajstić information content (AvgIpc) is 2.27. The van der Waals surface area contributed by atoms with E-state index in [9.17, 15) is 4.79 Å². The molecule has 0 aromatic heterocycles. The molecule has 2 atom stereocenters. The molecule has 0 saturated heterocycles. The Balaban J connectivity index is 2.73. The standard InChI is InChI=1S/C12H15N2OP/c1-14(16)11(12(15)7-8-13)9-10-5-3-2-4-6-10/h2-6,11H,7,9,16H2,1H3/t11-/m0/s1. The van der Waals surface area contributed by atoms with E-state index in [2.05, 4.69) is 9.39 Å². The molecule has 1 aromatic carbocycles. The zero-order valence-electron chi connectivity index (χ0n) is 9.26. The Hall–Kier alpha value is -1.23. The normalized spacial score (nSPS) is 12.1. The number of hydrogen-bond donors (Lipinski definition) is 0. The summed E-state index contributed by atoms with van der Waals surface area (Å²) in [6.07, 6.45) is 0.609. The lowest BCUT2D eigenvalue weighted by Gasteiger charge is -2.21. The van der Waals surface area contributed by atoms with Crippen molar-refractivity contribution in [2.24, 2.45) is 0 Å². The minimum Gasteiger partial charge on any atom is -0.297 e. The third-order valence-corrected chi connectivity index (χ3v) is 2.75. The fraction of sp³-hybridized carbons (Fsp3) is 0.333. The van der Waals surface area contributed by atoms with E-state index in [0.717, 1.165) is 5.56 Å². The number of Topliss-reactive ketones (excluding diaryl/α,β-unsaturated/α-hetero) is 1. The Kier molecular flexibility index (Phi) is 5.11. The van der Waals surface area contributed by atoms with E-state index in [1.165, 1.54) is 0 Å². The molecule has 16 heavy (non-hydrogen) atoms. The van der Waals surface area contributed by atoms with Crippen LogP contribution in [0.2, 0.25) is 0 Å². The van der Waals surface area contributed by atoms with Crippen LogP contribution in [0.4, 0.5) is 0 Å². The van der Waals surface area contributed by atoms with Crippen molar-refractivity contribution >= 4 is 15.2 Å². The molecule has 4 heteroatoms. The maximum Gasteiger partial charge on any atom is 0.164 e. The van der Waals surface area contributed by atoms with Crippen LogP contribution in [-0.2, 0) is 11.2 Å². The Morgan fingerprint density at radius 3 is 2.62 bits per heavy atom. The van der Waals surface area contributed by atoms with Gasteiger partial charge in [0.2, 0.25) is 0 Å². The molecule has 0 aliphatic rings. The molecule has 0 aliphatic carbocycles. The smallest absolute Gasteiger partial charge is 0.164 e. The van der Waals surface area contributed by atoms with Crippen molar-refractivity contribution in [1.29, 1.82) is 5.26 Å². The fourth-order valence-corrected chi connectivity index (χ4v) is 1.79. The zero-order valence-corrected chi connectivity index (χ0v) is 10.4. The molecule has 0 aliphatic heterocycles. The first-order valence-electron chi connectivity index (χ1n) is 5.06. The van der Waals surface area contributed by atoms with E-state index in [1.807, 2.05) is 43.4 Å². The van der Waals surface area contributed by atoms with Gasteiger partial charge in [0, 0.05) is 0 Å². The maximum absolute atomic E-state index is 11.7. The molecule has 1 aromatic rings. The average molecular weight is 234 g/mol. The number of ketones is 1. The molecule has 0 radical (unpaired) electrons. The molecule has 0 heterocycles. The minimum atomic E-state index is -0.243. The van der Waals surface area contributed by atoms with Crippen molar-refractivity contribution in [3.8, 4) is 6.07 Å². The van der Waals surface area contributed by atoms with Gasteiger partial charge in [0.25, 0.3) is 0 Å². The Bertz CT molecular complexity index is 384. The van der Waals surface area contributed by atoms with Gasteiger partial charge in [-0.3, -0.25) is 9.46 Å². The third kappa shape index (κ3) is 3.73. The second kappa shape index (κ2) is 6.37. The molecule has 84 valence electrons. The first-order chi connectivity index (χ1) is 7.65. The van der Waals surface area contributed by atoms with Crippen LogP contribution in [0.5, 0.6) is 0 Å². The van der Waals surface area contributed by atoms with Crippen molar-refractivity contribution in [2.75, 3.05) is 7.05 Å². The Morgan fingerprint density at radius 1 is 1.50 bits per heavy atom. The number of rotatable bonds is 5. The lowest BCUT2D eigenvalue weighted by atomic mass is 10.0. The highest BCUT2D eigenvalue weighted by molar-refractivity contribution is 7.13. The number of hydrogen-bond acceptors (Lipinski definition) is 3. The SMILES string of the molecule is CN(P)[C@@H](Cc1ccccc1)C(=O)CC#N. The van der Waals surface area contributed by atoms with Gasteiger partial charge in [-0.1, -0.05) is 39.7 Å². The highest BCUT2D eigenvalue weighted by atomic mass is 31.0. The van der Waals surface area contributed by atoms with Gasteiger partial charge in [-0.2, -0.15) is 5.26 Å². The summed E-state index contributed by atoms with van der Waals surface area (Å²) >= 11 is 0. The van der Waals surface area contributed by atoms with E-state index in [1.54, 1.807) is 4.67 Å². The van der Waals surface area contributed by atoms with Crippen molar-refractivity contribution in [3.63, 3.8) is 0 Å². The third-order valence-electron chi connectivity index (χ3n) is 2.39. The quantitative estimate of drug-likeness (QED) is 0.730. The van der Waals surface area contributed by atoms with E-state index < -0.39 is 0 Å². The Morgan fingerprint density at radius 2 is 2.12 bits per heavy atom. The lowest BCUT2D eigenvalue weighted by Crippen LogP contribution is -2.34. The van der Waals surface area contributed by atoms with Gasteiger partial charge in [0.05, 0.1) is 18.5 Å². The summed E-state index contributed by atoms with van der Waals surface area (Å²) in [6.45, 7) is 0. The van der Waals surface area contributed by atoms with Crippen molar-refractivity contribution < 1.29 is 4.79 Å². The number of benzene rings is 1. The summed E-state index contributed by atoms with van der Waals surface area (Å²) in [5.41, 5.74) is 1.10. The second-order valence-electron chi connectivity index (χ2n) is 3.67. The van der Waals surface area contributed by atoms with Crippen molar-refractivity contribution in [3.05, 3.63) is 35.9 Å². The topological polar surface area (TPSA) is 44.1 Å². The number of nitrogens with zero attached hydrogens (tertiary/aromatic N) is 2. The van der Waals surface area contributed by atoms with E-state index in [4.69, 9.17) is 5.26 Å². The monoisotopic (exact) mass is 234 g/mol. The van der Waals surface area contributed by atoms with Gasteiger partial charge in [0.15, 0.2) is 5.78 Å². The maximum atomic E-state index is 11.7.